The summed E-state index contributed by atoms with van der Waals surface area (Å²) < 4.78 is 39.2. The molecule has 10 nitrogen and oxygen atoms in total. The van der Waals surface area contributed by atoms with Crippen LogP contribution in [0.3, 0.4) is 0 Å². The third kappa shape index (κ3) is 5.55. The van der Waals surface area contributed by atoms with Crippen LogP contribution in [-0.2, 0) is 14.8 Å². The molecule has 2 atom stereocenters. The van der Waals surface area contributed by atoms with Crippen molar-refractivity contribution < 1.29 is 22.7 Å². The first-order chi connectivity index (χ1) is 20.0. The highest BCUT2D eigenvalue weighted by Gasteiger charge is 2.42. The average molecular weight is 606 g/mol. The fraction of sp³-hybridized carbons (Fsp3) is 0.233. The van der Waals surface area contributed by atoms with Gasteiger partial charge in [-0.1, -0.05) is 6.07 Å². The second kappa shape index (κ2) is 11.5. The molecule has 4 aromatic rings. The van der Waals surface area contributed by atoms with Crippen LogP contribution in [0.25, 0.3) is 5.69 Å². The van der Waals surface area contributed by atoms with Crippen LogP contribution in [0.2, 0.25) is 0 Å². The van der Waals surface area contributed by atoms with E-state index in [1.54, 1.807) is 30.5 Å². The molecular formula is C30H31N5O5S2. The lowest BCUT2D eigenvalue weighted by molar-refractivity contribution is 0.0600. The third-order valence-corrected chi connectivity index (χ3v) is 8.10. The molecular weight excluding hydrogens is 574 g/mol. The van der Waals surface area contributed by atoms with Crippen molar-refractivity contribution in [3.05, 3.63) is 101 Å². The van der Waals surface area contributed by atoms with E-state index in [-0.39, 0.29) is 12.1 Å². The summed E-state index contributed by atoms with van der Waals surface area (Å²) in [6.45, 7) is 4.06. The smallest absolute Gasteiger partial charge is 0.337 e. The molecule has 0 saturated carbocycles. The van der Waals surface area contributed by atoms with E-state index in [4.69, 9.17) is 21.7 Å². The zero-order chi connectivity index (χ0) is 30.2. The highest BCUT2D eigenvalue weighted by Crippen LogP contribution is 2.45. The minimum absolute atomic E-state index is 0.302. The van der Waals surface area contributed by atoms with Crippen molar-refractivity contribution in [2.75, 3.05) is 30.1 Å². The predicted molar refractivity (Wildman–Crippen MR) is 166 cm³/mol. The van der Waals surface area contributed by atoms with Crippen molar-refractivity contribution in [3.8, 4) is 11.4 Å². The van der Waals surface area contributed by atoms with Crippen molar-refractivity contribution in [3.63, 3.8) is 0 Å². The lowest BCUT2D eigenvalue weighted by Crippen LogP contribution is -2.29. The average Bonchev–Trinajstić information content (AvgIpc) is 3.46. The number of pyridine rings is 1. The van der Waals surface area contributed by atoms with Gasteiger partial charge in [0.1, 0.15) is 5.75 Å². The number of rotatable bonds is 8. The Labute approximate surface area is 250 Å². The van der Waals surface area contributed by atoms with Crippen molar-refractivity contribution in [2.24, 2.45) is 0 Å². The number of nitrogens with one attached hydrogen (secondary N) is 2. The number of ether oxygens (including phenoxy) is 2. The molecule has 42 heavy (non-hydrogen) atoms. The zero-order valence-corrected chi connectivity index (χ0v) is 25.4. The van der Waals surface area contributed by atoms with Crippen LogP contribution >= 0.6 is 12.2 Å². The zero-order valence-electron chi connectivity index (χ0n) is 23.8. The first-order valence-corrected chi connectivity index (χ1v) is 15.4. The Morgan fingerprint density at radius 2 is 1.74 bits per heavy atom. The molecule has 1 aliphatic heterocycles. The molecule has 1 saturated heterocycles. The van der Waals surface area contributed by atoms with Crippen molar-refractivity contribution in [1.29, 1.82) is 0 Å². The van der Waals surface area contributed by atoms with Crippen LogP contribution in [0.5, 0.6) is 5.75 Å². The number of benzene rings is 2. The second-order valence-electron chi connectivity index (χ2n) is 9.96. The number of nitrogens with zero attached hydrogens (tertiary/aromatic N) is 3. The van der Waals surface area contributed by atoms with E-state index < -0.39 is 16.0 Å². The molecule has 12 heteroatoms. The Morgan fingerprint density at radius 1 is 1.02 bits per heavy atom. The molecule has 0 radical (unpaired) electrons. The molecule has 0 spiro atoms. The first kappa shape index (κ1) is 29.1. The lowest BCUT2D eigenvalue weighted by Gasteiger charge is -2.29. The number of aryl methyl sites for hydroxylation is 1. The van der Waals surface area contributed by atoms with E-state index in [1.165, 1.54) is 14.2 Å². The van der Waals surface area contributed by atoms with Crippen LogP contribution in [0, 0.1) is 13.8 Å². The number of thiocarbonyl (C=S) groups is 1. The maximum atomic E-state index is 12.1. The summed E-state index contributed by atoms with van der Waals surface area (Å²) in [6.07, 6.45) is 2.83. The molecule has 0 amide bonds. The van der Waals surface area contributed by atoms with Gasteiger partial charge in [-0.25, -0.2) is 13.2 Å². The monoisotopic (exact) mass is 605 g/mol. The second-order valence-corrected chi connectivity index (χ2v) is 12.1. The standard InChI is InChI=1S/C30H31N5O5S2/c1-18-16-23(19(2)34(18)21-11-9-20(10-12-21)29(36)40-4)28-27(24-8-6-7-15-31-24)32-30(41)35(28)22-13-14-26(39-3)25(17-22)33-42(5,37)38/h6-17,27-28,33H,1-5H3,(H,32,41)/t27-,28+/m1/s1. The van der Waals surface area contributed by atoms with Crippen LogP contribution in [0.4, 0.5) is 11.4 Å². The molecule has 0 bridgehead atoms. The number of hydrogen-bond acceptors (Lipinski definition) is 7. The van der Waals surface area contributed by atoms with Gasteiger partial charge in [-0.05, 0) is 92.3 Å². The molecule has 5 rings (SSSR count). The molecule has 2 N–H and O–H groups in total. The Morgan fingerprint density at radius 3 is 2.36 bits per heavy atom. The van der Waals surface area contributed by atoms with Crippen LogP contribution in [0.1, 0.15) is 45.1 Å². The number of anilines is 2. The predicted octanol–water partition coefficient (Wildman–Crippen LogP) is 4.83. The largest absolute Gasteiger partial charge is 0.495 e. The summed E-state index contributed by atoms with van der Waals surface area (Å²) in [6, 6.07) is 19.7. The molecule has 2 aromatic heterocycles. The normalized spacial score (nSPS) is 16.7. The van der Waals surface area contributed by atoms with Gasteiger partial charge < -0.3 is 24.3 Å². The molecule has 0 unspecified atom stereocenters. The molecule has 218 valence electrons. The van der Waals surface area contributed by atoms with Crippen molar-refractivity contribution in [2.45, 2.75) is 25.9 Å². The van der Waals surface area contributed by atoms with Gasteiger partial charge in [0.05, 0.1) is 49.5 Å². The van der Waals surface area contributed by atoms with E-state index in [0.29, 0.717) is 27.8 Å². The van der Waals surface area contributed by atoms with E-state index in [1.807, 2.05) is 55.1 Å². The maximum Gasteiger partial charge on any atom is 0.337 e. The minimum Gasteiger partial charge on any atom is -0.495 e. The fourth-order valence-electron chi connectivity index (χ4n) is 5.42. The number of hydrogen-bond donors (Lipinski definition) is 2. The summed E-state index contributed by atoms with van der Waals surface area (Å²) in [7, 11) is -0.732. The van der Waals surface area contributed by atoms with Crippen LogP contribution in [0.15, 0.2) is 72.9 Å². The van der Waals surface area contributed by atoms with Gasteiger partial charge >= 0.3 is 5.97 Å². The Kier molecular flexibility index (Phi) is 7.93. The van der Waals surface area contributed by atoms with Gasteiger partial charge in [0.25, 0.3) is 0 Å². The van der Waals surface area contributed by atoms with E-state index in [0.717, 1.165) is 34.6 Å². The molecule has 0 aliphatic carbocycles. The van der Waals surface area contributed by atoms with Gasteiger partial charge in [0.15, 0.2) is 5.11 Å². The summed E-state index contributed by atoms with van der Waals surface area (Å²) in [4.78, 5) is 18.6. The van der Waals surface area contributed by atoms with Gasteiger partial charge in [0.2, 0.25) is 10.0 Å². The highest BCUT2D eigenvalue weighted by atomic mass is 32.2. The summed E-state index contributed by atoms with van der Waals surface area (Å²) in [5, 5.41) is 3.92. The first-order valence-electron chi connectivity index (χ1n) is 13.1. The van der Waals surface area contributed by atoms with Gasteiger partial charge in [-0.15, -0.1) is 0 Å². The minimum atomic E-state index is -3.57. The van der Waals surface area contributed by atoms with Crippen molar-refractivity contribution >= 4 is 44.7 Å². The molecule has 1 fully saturated rings. The Hall–Kier alpha value is -4.42. The van der Waals surface area contributed by atoms with Gasteiger partial charge in [0, 0.05) is 29.0 Å². The Balaban J connectivity index is 1.65. The summed E-state index contributed by atoms with van der Waals surface area (Å²) in [5.41, 5.74) is 6.11. The topological polar surface area (TPSA) is 115 Å². The number of aromatic nitrogens is 2. The number of esters is 1. The fourth-order valence-corrected chi connectivity index (χ4v) is 6.33. The molecule has 3 heterocycles. The van der Waals surface area contributed by atoms with Crippen LogP contribution in [-0.4, -0.2) is 49.5 Å². The number of carbonyl (C=O) groups is 1. The van der Waals surface area contributed by atoms with Gasteiger partial charge in [-0.2, -0.15) is 0 Å². The number of methoxy groups -OCH3 is 2. The van der Waals surface area contributed by atoms with Gasteiger partial charge in [-0.3, -0.25) is 9.71 Å². The van der Waals surface area contributed by atoms with E-state index in [9.17, 15) is 13.2 Å². The molecule has 1 aliphatic rings. The third-order valence-electron chi connectivity index (χ3n) is 7.19. The maximum absolute atomic E-state index is 12.1. The highest BCUT2D eigenvalue weighted by molar-refractivity contribution is 7.92. The van der Waals surface area contributed by atoms with E-state index in [2.05, 4.69) is 25.7 Å². The SMILES string of the molecule is COC(=O)c1ccc(-n2c(C)cc([C@H]3[C@@H](c4ccccn4)NC(=S)N3c3ccc(OC)c(NS(C)(=O)=O)c3)c2C)cc1. The van der Waals surface area contributed by atoms with E-state index >= 15 is 0 Å². The lowest BCUT2D eigenvalue weighted by atomic mass is 9.96. The summed E-state index contributed by atoms with van der Waals surface area (Å²) >= 11 is 5.88. The number of carbonyl (C=O) groups excluding carboxylic acids is 1. The summed E-state index contributed by atoms with van der Waals surface area (Å²) in [5.74, 6) is -0.0135. The molecule has 2 aromatic carbocycles. The number of sulfonamides is 1. The van der Waals surface area contributed by atoms with Crippen LogP contribution < -0.4 is 19.7 Å². The van der Waals surface area contributed by atoms with Crippen molar-refractivity contribution in [1.82, 2.24) is 14.9 Å². The quantitative estimate of drug-likeness (QED) is 0.215. The Bertz CT molecular complexity index is 1750.